The van der Waals surface area contributed by atoms with Crippen molar-refractivity contribution in [2.24, 2.45) is 0 Å². The standard InChI is InChI=1S/C19H38N2O3/c1-4-5-6-7-8-9-10-11-12-14-18(22)20-15-13-16-21(2,3)17-19(23)24/h2,4-17H2,1,3H3,(H,20,22)(H,23,24). The summed E-state index contributed by atoms with van der Waals surface area (Å²) in [5.74, 6) is -0.739. The Morgan fingerprint density at radius 2 is 1.50 bits per heavy atom. The minimum Gasteiger partial charge on any atom is -0.477 e. The fourth-order valence-corrected chi connectivity index (χ4v) is 2.78. The van der Waals surface area contributed by atoms with Crippen LogP contribution in [0.4, 0.5) is 0 Å². The minimum atomic E-state index is -0.845. The average Bonchev–Trinajstić information content (AvgIpc) is 2.48. The highest BCUT2D eigenvalue weighted by molar-refractivity contribution is 5.75. The van der Waals surface area contributed by atoms with Gasteiger partial charge in [-0.05, 0) is 6.42 Å². The van der Waals surface area contributed by atoms with E-state index in [2.05, 4.69) is 19.3 Å². The molecule has 1 amide bonds. The summed E-state index contributed by atoms with van der Waals surface area (Å²) in [7, 11) is 5.66. The summed E-state index contributed by atoms with van der Waals surface area (Å²) in [6.45, 7) is 3.48. The summed E-state index contributed by atoms with van der Waals surface area (Å²) in [4.78, 5) is 22.4. The third-order valence-electron chi connectivity index (χ3n) is 4.22. The van der Waals surface area contributed by atoms with E-state index < -0.39 is 5.97 Å². The lowest BCUT2D eigenvalue weighted by molar-refractivity contribution is -0.858. The van der Waals surface area contributed by atoms with Crippen LogP contribution in [0.3, 0.4) is 0 Å². The highest BCUT2D eigenvalue weighted by Crippen LogP contribution is 2.10. The lowest BCUT2D eigenvalue weighted by Crippen LogP contribution is -2.43. The molecule has 142 valence electrons. The number of likely N-dealkylation sites (N-methyl/N-ethyl adjacent to an activating group) is 1. The molecule has 5 heteroatoms. The van der Waals surface area contributed by atoms with Crippen LogP contribution in [-0.2, 0) is 9.59 Å². The van der Waals surface area contributed by atoms with Gasteiger partial charge in [0.15, 0.2) is 6.54 Å². The highest BCUT2D eigenvalue weighted by Gasteiger charge is 2.13. The zero-order valence-electron chi connectivity index (χ0n) is 15.8. The fraction of sp³-hybridized carbons (Fsp3) is 0.842. The molecule has 0 saturated heterocycles. The van der Waals surface area contributed by atoms with Gasteiger partial charge in [0.05, 0.1) is 6.54 Å². The van der Waals surface area contributed by atoms with Gasteiger partial charge in [0.2, 0.25) is 5.91 Å². The van der Waals surface area contributed by atoms with E-state index in [1.807, 2.05) is 0 Å². The molecule has 0 bridgehead atoms. The quantitative estimate of drug-likeness (QED) is 0.255. The van der Waals surface area contributed by atoms with E-state index in [4.69, 9.17) is 5.11 Å². The Bertz CT molecular complexity index is 344. The smallest absolute Gasteiger partial charge is 0.357 e. The molecule has 1 atom stereocenters. The Hall–Kier alpha value is -1.10. The molecule has 0 radical (unpaired) electrons. The molecule has 0 heterocycles. The number of nitrogens with zero attached hydrogens (tertiary/aromatic N) is 1. The van der Waals surface area contributed by atoms with E-state index >= 15 is 0 Å². The number of aliphatic carboxylic acids is 1. The lowest BCUT2D eigenvalue weighted by atomic mass is 10.1. The van der Waals surface area contributed by atoms with Crippen LogP contribution in [0.2, 0.25) is 0 Å². The van der Waals surface area contributed by atoms with E-state index in [1.165, 1.54) is 44.9 Å². The van der Waals surface area contributed by atoms with Crippen molar-refractivity contribution >= 4 is 11.9 Å². The topological polar surface area (TPSA) is 66.4 Å². The Labute approximate surface area is 148 Å². The van der Waals surface area contributed by atoms with Gasteiger partial charge in [-0.25, -0.2) is 4.79 Å². The van der Waals surface area contributed by atoms with Crippen LogP contribution in [0.1, 0.15) is 77.6 Å². The molecule has 0 aliphatic rings. The third-order valence-corrected chi connectivity index (χ3v) is 4.22. The van der Waals surface area contributed by atoms with Gasteiger partial charge in [-0.3, -0.25) is 4.79 Å². The average molecular weight is 343 g/mol. The second-order valence-electron chi connectivity index (χ2n) is 7.18. The number of rotatable bonds is 16. The Balaban J connectivity index is 3.43. The van der Waals surface area contributed by atoms with Gasteiger partial charge in [-0.2, -0.15) is 0 Å². The fourth-order valence-electron chi connectivity index (χ4n) is 2.78. The summed E-state index contributed by atoms with van der Waals surface area (Å²) in [6, 6.07) is 0. The summed E-state index contributed by atoms with van der Waals surface area (Å²) >= 11 is 0. The molecule has 0 rings (SSSR count). The molecule has 0 aromatic rings. The van der Waals surface area contributed by atoms with Gasteiger partial charge in [0, 0.05) is 26.4 Å². The SMILES string of the molecule is [CH2-][N+](C)(CCCNC(=O)CCCCCCCCCCC)CC(=O)O. The zero-order chi connectivity index (χ0) is 18.3. The molecule has 0 spiro atoms. The van der Waals surface area contributed by atoms with Crippen molar-refractivity contribution in [3.63, 3.8) is 0 Å². The van der Waals surface area contributed by atoms with Crippen LogP contribution >= 0.6 is 0 Å². The number of unbranched alkanes of at least 4 members (excludes halogenated alkanes) is 8. The van der Waals surface area contributed by atoms with Crippen molar-refractivity contribution in [3.8, 4) is 0 Å². The van der Waals surface area contributed by atoms with Crippen LogP contribution in [0.5, 0.6) is 0 Å². The number of hydrogen-bond donors (Lipinski definition) is 2. The summed E-state index contributed by atoms with van der Waals surface area (Å²) in [6.07, 6.45) is 12.6. The van der Waals surface area contributed by atoms with Gasteiger partial charge in [-0.15, -0.1) is 7.05 Å². The number of carbonyl (C=O) groups is 2. The van der Waals surface area contributed by atoms with Crippen molar-refractivity contribution in [3.05, 3.63) is 7.05 Å². The first-order valence-electron chi connectivity index (χ1n) is 9.55. The van der Waals surface area contributed by atoms with Gasteiger partial charge in [0.1, 0.15) is 0 Å². The minimum absolute atomic E-state index is 0.00634. The monoisotopic (exact) mass is 342 g/mol. The van der Waals surface area contributed by atoms with Gasteiger partial charge in [0.25, 0.3) is 0 Å². The lowest BCUT2D eigenvalue weighted by Gasteiger charge is -2.36. The number of carboxylic acid groups (broad SMARTS) is 1. The normalized spacial score (nSPS) is 13.5. The zero-order valence-corrected chi connectivity index (χ0v) is 15.8. The number of amides is 1. The Morgan fingerprint density at radius 3 is 2.04 bits per heavy atom. The highest BCUT2D eigenvalue weighted by atomic mass is 16.4. The summed E-state index contributed by atoms with van der Waals surface area (Å²) in [5, 5.41) is 11.7. The predicted octanol–water partition coefficient (Wildman–Crippen LogP) is 3.74. The van der Waals surface area contributed by atoms with E-state index in [-0.39, 0.29) is 16.9 Å². The number of carbonyl (C=O) groups excluding carboxylic acids is 1. The first kappa shape index (κ1) is 22.9. The number of nitrogens with one attached hydrogen (secondary N) is 1. The van der Waals surface area contributed by atoms with Gasteiger partial charge in [-0.1, -0.05) is 58.3 Å². The summed E-state index contributed by atoms with van der Waals surface area (Å²) in [5.41, 5.74) is 0. The molecule has 0 aromatic carbocycles. The first-order valence-corrected chi connectivity index (χ1v) is 9.55. The molecular formula is C19H38N2O3. The molecule has 0 fully saturated rings. The van der Waals surface area contributed by atoms with Crippen molar-refractivity contribution < 1.29 is 19.2 Å². The van der Waals surface area contributed by atoms with Crippen LogP contribution in [-0.4, -0.2) is 48.1 Å². The molecule has 0 aliphatic heterocycles. The molecule has 0 aromatic heterocycles. The third kappa shape index (κ3) is 15.8. The maximum Gasteiger partial charge on any atom is 0.357 e. The van der Waals surface area contributed by atoms with Gasteiger partial charge >= 0.3 is 5.97 Å². The van der Waals surface area contributed by atoms with Crippen LogP contribution in [0.15, 0.2) is 0 Å². The molecule has 1 unspecified atom stereocenters. The van der Waals surface area contributed by atoms with E-state index in [0.29, 0.717) is 19.5 Å². The molecule has 24 heavy (non-hydrogen) atoms. The molecule has 0 saturated carbocycles. The van der Waals surface area contributed by atoms with Crippen LogP contribution in [0, 0.1) is 7.05 Å². The molecular weight excluding hydrogens is 304 g/mol. The number of carboxylic acids is 1. The summed E-state index contributed by atoms with van der Waals surface area (Å²) < 4.78 is 0.198. The Kier molecular flexibility index (Phi) is 13.6. The Morgan fingerprint density at radius 1 is 0.958 bits per heavy atom. The van der Waals surface area contributed by atoms with E-state index in [1.54, 1.807) is 7.05 Å². The largest absolute Gasteiger partial charge is 0.477 e. The van der Waals surface area contributed by atoms with Crippen LogP contribution in [0.25, 0.3) is 0 Å². The molecule has 2 N–H and O–H groups in total. The molecule has 5 nitrogen and oxygen atoms in total. The maximum atomic E-state index is 11.7. The van der Waals surface area contributed by atoms with Crippen molar-refractivity contribution in [2.75, 3.05) is 26.7 Å². The van der Waals surface area contributed by atoms with Crippen LogP contribution < -0.4 is 5.32 Å². The first-order chi connectivity index (χ1) is 11.4. The molecule has 0 aliphatic carbocycles. The van der Waals surface area contributed by atoms with E-state index in [9.17, 15) is 9.59 Å². The second-order valence-corrected chi connectivity index (χ2v) is 7.18. The van der Waals surface area contributed by atoms with Crippen molar-refractivity contribution in [1.82, 2.24) is 5.32 Å². The van der Waals surface area contributed by atoms with Crippen molar-refractivity contribution in [1.29, 1.82) is 0 Å². The van der Waals surface area contributed by atoms with Crippen molar-refractivity contribution in [2.45, 2.75) is 77.6 Å². The second kappa shape index (κ2) is 14.3. The number of hydrogen-bond acceptors (Lipinski definition) is 2. The van der Waals surface area contributed by atoms with E-state index in [0.717, 1.165) is 19.3 Å². The predicted molar refractivity (Wildman–Crippen MR) is 98.4 cm³/mol. The maximum absolute atomic E-state index is 11.7. The van der Waals surface area contributed by atoms with Gasteiger partial charge < -0.3 is 14.9 Å². The number of quaternary nitrogens is 1.